The minimum Gasteiger partial charge on any atom is -0.394 e. The molecule has 0 heterocycles. The molecule has 9 heteroatoms. The molecule has 2 N–H and O–H groups in total. The number of halogens is 3. The van der Waals surface area contributed by atoms with Gasteiger partial charge in [0.25, 0.3) is 0 Å². The number of rotatable bonds is 6. The lowest BCUT2D eigenvalue weighted by atomic mass is 10.3. The third-order valence-corrected chi connectivity index (χ3v) is 3.61. The first-order valence-corrected chi connectivity index (χ1v) is 5.96. The smallest absolute Gasteiger partial charge is 0.394 e. The van der Waals surface area contributed by atoms with Gasteiger partial charge < -0.3 is 10.2 Å². The van der Waals surface area contributed by atoms with Crippen molar-refractivity contribution in [1.29, 1.82) is 0 Å². The average Bonchev–Trinajstić information content (AvgIpc) is 2.16. The van der Waals surface area contributed by atoms with Crippen molar-refractivity contribution in [3.63, 3.8) is 0 Å². The summed E-state index contributed by atoms with van der Waals surface area (Å²) in [7, 11) is -5.35. The Balaban J connectivity index is 4.63. The minimum absolute atomic E-state index is 0.214. The third-order valence-electron chi connectivity index (χ3n) is 1.91. The lowest BCUT2D eigenvalue weighted by Crippen LogP contribution is -2.42. The molecule has 0 aromatic rings. The van der Waals surface area contributed by atoms with Crippen LogP contribution in [-0.4, -0.2) is 54.2 Å². The summed E-state index contributed by atoms with van der Waals surface area (Å²) in [5.41, 5.74) is -5.34. The molecule has 0 saturated carbocycles. The monoisotopic (exact) mass is 265 g/mol. The highest BCUT2D eigenvalue weighted by Gasteiger charge is 2.49. The molecule has 98 valence electrons. The Hall–Kier alpha value is -0.380. The van der Waals surface area contributed by atoms with E-state index in [2.05, 4.69) is 0 Å². The molecule has 0 rings (SSSR count). The number of nitrogens with zero attached hydrogens (tertiary/aromatic N) is 1. The largest absolute Gasteiger partial charge is 0.511 e. The first-order valence-electron chi connectivity index (χ1n) is 4.52. The van der Waals surface area contributed by atoms with Crippen LogP contribution in [0.1, 0.15) is 13.3 Å². The molecule has 0 aliphatic carbocycles. The summed E-state index contributed by atoms with van der Waals surface area (Å²) in [6, 6.07) is 0. The van der Waals surface area contributed by atoms with Crippen LogP contribution in [0.4, 0.5) is 13.2 Å². The van der Waals surface area contributed by atoms with Gasteiger partial charge in [-0.1, -0.05) is 6.92 Å². The van der Waals surface area contributed by atoms with Gasteiger partial charge in [-0.3, -0.25) is 0 Å². The number of sulfonamides is 1. The van der Waals surface area contributed by atoms with Gasteiger partial charge in [0.1, 0.15) is 0 Å². The SMILES string of the molecule is CCN(CC[C@H](O)CO)S(=O)(=O)C(F)(F)F. The number of hydrogen-bond donors (Lipinski definition) is 2. The summed E-state index contributed by atoms with van der Waals surface area (Å²) < 4.78 is 58.5. The van der Waals surface area contributed by atoms with Crippen LogP contribution in [0.2, 0.25) is 0 Å². The molecule has 5 nitrogen and oxygen atoms in total. The van der Waals surface area contributed by atoms with Gasteiger partial charge >= 0.3 is 15.5 Å². The van der Waals surface area contributed by atoms with Gasteiger partial charge in [0, 0.05) is 13.1 Å². The van der Waals surface area contributed by atoms with E-state index in [-0.39, 0.29) is 17.3 Å². The van der Waals surface area contributed by atoms with Crippen LogP contribution in [-0.2, 0) is 10.0 Å². The van der Waals surface area contributed by atoms with Gasteiger partial charge in [-0.25, -0.2) is 8.42 Å². The van der Waals surface area contributed by atoms with Crippen molar-refractivity contribution < 1.29 is 31.8 Å². The van der Waals surface area contributed by atoms with E-state index in [1.807, 2.05) is 0 Å². The van der Waals surface area contributed by atoms with Crippen molar-refractivity contribution in [1.82, 2.24) is 4.31 Å². The quantitative estimate of drug-likeness (QED) is 0.703. The molecule has 0 fully saturated rings. The van der Waals surface area contributed by atoms with Crippen molar-refractivity contribution in [2.45, 2.75) is 25.0 Å². The Bertz CT molecular complexity index is 303. The number of aliphatic hydroxyl groups excluding tert-OH is 2. The van der Waals surface area contributed by atoms with Crippen LogP contribution in [0.5, 0.6) is 0 Å². The van der Waals surface area contributed by atoms with Crippen molar-refractivity contribution in [2.75, 3.05) is 19.7 Å². The predicted molar refractivity (Wildman–Crippen MR) is 49.9 cm³/mol. The fraction of sp³-hybridized carbons (Fsp3) is 1.00. The van der Waals surface area contributed by atoms with E-state index in [4.69, 9.17) is 10.2 Å². The Morgan fingerprint density at radius 3 is 2.19 bits per heavy atom. The van der Waals surface area contributed by atoms with Crippen LogP contribution >= 0.6 is 0 Å². The zero-order chi connectivity index (χ0) is 13.0. The summed E-state index contributed by atoms with van der Waals surface area (Å²) >= 11 is 0. The molecule has 0 spiro atoms. The maximum absolute atomic E-state index is 12.1. The predicted octanol–water partition coefficient (Wildman–Crippen LogP) is -0.0988. The second-order valence-corrected chi connectivity index (χ2v) is 5.00. The maximum atomic E-state index is 12.1. The summed E-state index contributed by atoms with van der Waals surface area (Å²) in [4.78, 5) is 0. The molecular weight excluding hydrogens is 251 g/mol. The summed E-state index contributed by atoms with van der Waals surface area (Å²) in [6.45, 7) is -0.196. The molecule has 0 aromatic heterocycles. The number of hydrogen-bond acceptors (Lipinski definition) is 4. The molecule has 0 amide bonds. The molecule has 0 aliphatic rings. The highest BCUT2D eigenvalue weighted by Crippen LogP contribution is 2.26. The van der Waals surface area contributed by atoms with Crippen molar-refractivity contribution in [3.05, 3.63) is 0 Å². The van der Waals surface area contributed by atoms with Crippen LogP contribution in [0.3, 0.4) is 0 Å². The number of alkyl halides is 3. The highest BCUT2D eigenvalue weighted by molar-refractivity contribution is 7.89. The second kappa shape index (κ2) is 5.80. The topological polar surface area (TPSA) is 77.8 Å². The van der Waals surface area contributed by atoms with Gasteiger partial charge in [-0.15, -0.1) is 0 Å². The first-order chi connectivity index (χ1) is 7.16. The zero-order valence-corrected chi connectivity index (χ0v) is 9.42. The normalized spacial score (nSPS) is 15.4. The number of aliphatic hydroxyl groups is 2. The molecule has 1 atom stereocenters. The van der Waals surface area contributed by atoms with E-state index in [9.17, 15) is 21.6 Å². The van der Waals surface area contributed by atoms with Gasteiger partial charge in [0.15, 0.2) is 0 Å². The molecule has 0 bridgehead atoms. The Morgan fingerprint density at radius 1 is 1.38 bits per heavy atom. The molecule has 0 unspecified atom stereocenters. The lowest BCUT2D eigenvalue weighted by Gasteiger charge is -2.22. The molecule has 0 aliphatic heterocycles. The fourth-order valence-corrected chi connectivity index (χ4v) is 1.96. The van der Waals surface area contributed by atoms with Crippen molar-refractivity contribution in [2.24, 2.45) is 0 Å². The first kappa shape index (κ1) is 15.6. The third kappa shape index (κ3) is 3.89. The lowest BCUT2D eigenvalue weighted by molar-refractivity contribution is -0.0491. The molecule has 0 radical (unpaired) electrons. The maximum Gasteiger partial charge on any atom is 0.511 e. The van der Waals surface area contributed by atoms with E-state index in [1.165, 1.54) is 6.92 Å². The molecule has 16 heavy (non-hydrogen) atoms. The van der Waals surface area contributed by atoms with E-state index in [0.29, 0.717) is 0 Å². The minimum atomic E-state index is -5.35. The molecule has 0 saturated heterocycles. The molecule has 0 aromatic carbocycles. The van der Waals surface area contributed by atoms with E-state index in [0.717, 1.165) is 0 Å². The van der Waals surface area contributed by atoms with Gasteiger partial charge in [0.2, 0.25) is 0 Å². The van der Waals surface area contributed by atoms with Crippen molar-refractivity contribution in [3.8, 4) is 0 Å². The van der Waals surface area contributed by atoms with E-state index in [1.54, 1.807) is 0 Å². The highest BCUT2D eigenvalue weighted by atomic mass is 32.2. The van der Waals surface area contributed by atoms with Crippen LogP contribution in [0.25, 0.3) is 0 Å². The summed E-state index contributed by atoms with van der Waals surface area (Å²) in [5.74, 6) is 0. The summed E-state index contributed by atoms with van der Waals surface area (Å²) in [6.07, 6.45) is -1.47. The Morgan fingerprint density at radius 2 is 1.88 bits per heavy atom. The van der Waals surface area contributed by atoms with Gasteiger partial charge in [0.05, 0.1) is 12.7 Å². The average molecular weight is 265 g/mol. The fourth-order valence-electron chi connectivity index (χ4n) is 0.979. The van der Waals surface area contributed by atoms with Crippen molar-refractivity contribution >= 4 is 10.0 Å². The van der Waals surface area contributed by atoms with Gasteiger partial charge in [-0.2, -0.15) is 17.5 Å². The van der Waals surface area contributed by atoms with Crippen LogP contribution in [0.15, 0.2) is 0 Å². The standard InChI is InChI=1S/C7H14F3NO4S/c1-2-11(4-3-6(13)5-12)16(14,15)7(8,9)10/h6,12-13H,2-5H2,1H3/t6-/m0/s1. The van der Waals surface area contributed by atoms with Crippen LogP contribution in [0, 0.1) is 0 Å². The Kier molecular flexibility index (Phi) is 5.66. The zero-order valence-electron chi connectivity index (χ0n) is 8.61. The van der Waals surface area contributed by atoms with E-state index >= 15 is 0 Å². The Labute approximate surface area is 91.5 Å². The summed E-state index contributed by atoms with van der Waals surface area (Å²) in [5, 5.41) is 17.4. The second-order valence-electron chi connectivity index (χ2n) is 3.07. The molecular formula is C7H14F3NO4S. The van der Waals surface area contributed by atoms with Gasteiger partial charge in [-0.05, 0) is 6.42 Å². The van der Waals surface area contributed by atoms with E-state index < -0.39 is 34.8 Å². The van der Waals surface area contributed by atoms with Crippen LogP contribution < -0.4 is 0 Å².